The van der Waals surface area contributed by atoms with Crippen molar-refractivity contribution < 1.29 is 9.72 Å². The molecular formula is C18H15N5O3. The predicted molar refractivity (Wildman–Crippen MR) is 96.3 cm³/mol. The minimum atomic E-state index is -0.517. The SMILES string of the molecule is O=C(/C=C/c1cn(Cc2ccccc2)nn1)Nc1cccc([N+](=O)[O-])c1. The average Bonchev–Trinajstić information content (AvgIpc) is 3.08. The van der Waals surface area contributed by atoms with E-state index in [9.17, 15) is 14.9 Å². The second-order valence-electron chi connectivity index (χ2n) is 5.46. The van der Waals surface area contributed by atoms with Gasteiger partial charge in [-0.3, -0.25) is 14.9 Å². The van der Waals surface area contributed by atoms with E-state index in [1.165, 1.54) is 30.4 Å². The summed E-state index contributed by atoms with van der Waals surface area (Å²) in [6.45, 7) is 0.585. The number of anilines is 1. The molecule has 0 fully saturated rings. The molecule has 0 spiro atoms. The fourth-order valence-electron chi connectivity index (χ4n) is 2.28. The zero-order valence-corrected chi connectivity index (χ0v) is 13.6. The molecule has 130 valence electrons. The standard InChI is InChI=1S/C18H15N5O3/c24-18(19-15-7-4-8-17(11-15)23(25)26)10-9-16-13-22(21-20-16)12-14-5-2-1-3-6-14/h1-11,13H,12H2,(H,19,24)/b10-9+. The highest BCUT2D eigenvalue weighted by atomic mass is 16.6. The average molecular weight is 349 g/mol. The number of nitro groups is 1. The van der Waals surface area contributed by atoms with Crippen LogP contribution in [0.2, 0.25) is 0 Å². The normalized spacial score (nSPS) is 10.8. The van der Waals surface area contributed by atoms with E-state index in [2.05, 4.69) is 15.6 Å². The Balaban J connectivity index is 1.60. The van der Waals surface area contributed by atoms with E-state index in [1.807, 2.05) is 30.3 Å². The van der Waals surface area contributed by atoms with Crippen molar-refractivity contribution in [2.45, 2.75) is 6.54 Å². The monoisotopic (exact) mass is 349 g/mol. The van der Waals surface area contributed by atoms with Crippen LogP contribution in [0.25, 0.3) is 6.08 Å². The fourth-order valence-corrected chi connectivity index (χ4v) is 2.28. The van der Waals surface area contributed by atoms with Gasteiger partial charge >= 0.3 is 0 Å². The Hall–Kier alpha value is -3.81. The van der Waals surface area contributed by atoms with Gasteiger partial charge in [0.05, 0.1) is 17.7 Å². The van der Waals surface area contributed by atoms with Crippen LogP contribution in [0.3, 0.4) is 0 Å². The topological polar surface area (TPSA) is 103 Å². The van der Waals surface area contributed by atoms with Crippen molar-refractivity contribution in [3.05, 3.63) is 88.2 Å². The minimum Gasteiger partial charge on any atom is -0.322 e. The highest BCUT2D eigenvalue weighted by Gasteiger charge is 2.07. The van der Waals surface area contributed by atoms with Crippen molar-refractivity contribution in [3.8, 4) is 0 Å². The molecule has 8 nitrogen and oxygen atoms in total. The molecule has 0 aliphatic heterocycles. The number of benzene rings is 2. The van der Waals surface area contributed by atoms with Crippen LogP contribution in [-0.2, 0) is 11.3 Å². The fraction of sp³-hybridized carbons (Fsp3) is 0.0556. The summed E-state index contributed by atoms with van der Waals surface area (Å²) >= 11 is 0. The van der Waals surface area contributed by atoms with E-state index in [4.69, 9.17) is 0 Å². The Morgan fingerprint density at radius 1 is 1.19 bits per heavy atom. The summed E-state index contributed by atoms with van der Waals surface area (Å²) in [5, 5.41) is 21.3. The molecule has 0 saturated carbocycles. The molecule has 3 aromatic rings. The van der Waals surface area contributed by atoms with Gasteiger partial charge in [0.1, 0.15) is 5.69 Å². The summed E-state index contributed by atoms with van der Waals surface area (Å²) < 4.78 is 1.67. The Labute approximate surface area is 148 Å². The third-order valence-corrected chi connectivity index (χ3v) is 3.47. The highest BCUT2D eigenvalue weighted by Crippen LogP contribution is 2.17. The van der Waals surface area contributed by atoms with Crippen LogP contribution in [0.4, 0.5) is 11.4 Å². The van der Waals surface area contributed by atoms with Gasteiger partial charge in [-0.2, -0.15) is 0 Å². The Morgan fingerprint density at radius 2 is 2.00 bits per heavy atom. The molecule has 0 unspecified atom stereocenters. The van der Waals surface area contributed by atoms with Gasteiger partial charge in [0.2, 0.25) is 5.91 Å². The Bertz CT molecular complexity index is 950. The molecule has 0 radical (unpaired) electrons. The molecule has 1 heterocycles. The second kappa shape index (κ2) is 7.84. The number of nitrogens with one attached hydrogen (secondary N) is 1. The van der Waals surface area contributed by atoms with Crippen LogP contribution in [0.5, 0.6) is 0 Å². The number of carbonyl (C=O) groups is 1. The number of carbonyl (C=O) groups excluding carboxylic acids is 1. The summed E-state index contributed by atoms with van der Waals surface area (Å²) in [5.74, 6) is -0.414. The number of hydrogen-bond acceptors (Lipinski definition) is 5. The number of nitrogens with zero attached hydrogens (tertiary/aromatic N) is 4. The van der Waals surface area contributed by atoms with Gasteiger partial charge in [-0.1, -0.05) is 41.6 Å². The first-order valence-corrected chi connectivity index (χ1v) is 7.78. The van der Waals surface area contributed by atoms with E-state index in [0.717, 1.165) is 5.56 Å². The molecule has 8 heteroatoms. The first-order valence-electron chi connectivity index (χ1n) is 7.78. The molecule has 3 rings (SSSR count). The first-order chi connectivity index (χ1) is 12.6. The van der Waals surface area contributed by atoms with Crippen LogP contribution in [-0.4, -0.2) is 25.8 Å². The van der Waals surface area contributed by atoms with Gasteiger partial charge in [-0.25, -0.2) is 4.68 Å². The van der Waals surface area contributed by atoms with E-state index >= 15 is 0 Å². The van der Waals surface area contributed by atoms with Crippen LogP contribution in [0.15, 0.2) is 66.9 Å². The molecule has 2 aromatic carbocycles. The lowest BCUT2D eigenvalue weighted by atomic mass is 10.2. The number of hydrogen-bond donors (Lipinski definition) is 1. The van der Waals surface area contributed by atoms with Crippen molar-refractivity contribution in [2.75, 3.05) is 5.32 Å². The lowest BCUT2D eigenvalue weighted by molar-refractivity contribution is -0.384. The third kappa shape index (κ3) is 4.60. The molecule has 1 amide bonds. The zero-order valence-electron chi connectivity index (χ0n) is 13.6. The Morgan fingerprint density at radius 3 is 2.77 bits per heavy atom. The highest BCUT2D eigenvalue weighted by molar-refractivity contribution is 6.01. The van der Waals surface area contributed by atoms with Crippen LogP contribution >= 0.6 is 0 Å². The molecule has 0 atom stereocenters. The summed E-state index contributed by atoms with van der Waals surface area (Å²) in [6, 6.07) is 15.6. The van der Waals surface area contributed by atoms with Crippen LogP contribution in [0, 0.1) is 10.1 Å². The van der Waals surface area contributed by atoms with Crippen LogP contribution < -0.4 is 5.32 Å². The number of nitro benzene ring substituents is 1. The van der Waals surface area contributed by atoms with E-state index in [-0.39, 0.29) is 5.69 Å². The lowest BCUT2D eigenvalue weighted by Crippen LogP contribution is -2.07. The molecule has 26 heavy (non-hydrogen) atoms. The number of amides is 1. The summed E-state index contributed by atoms with van der Waals surface area (Å²) in [7, 11) is 0. The van der Waals surface area contributed by atoms with Crippen molar-refractivity contribution in [1.29, 1.82) is 0 Å². The number of aromatic nitrogens is 3. The molecule has 0 aliphatic rings. The molecule has 0 bridgehead atoms. The number of rotatable bonds is 6. The van der Waals surface area contributed by atoms with Gasteiger partial charge in [-0.05, 0) is 17.7 Å². The summed E-state index contributed by atoms with van der Waals surface area (Å²) in [5.41, 5.74) is 1.89. The van der Waals surface area contributed by atoms with Gasteiger partial charge in [-0.15, -0.1) is 5.10 Å². The Kier molecular flexibility index (Phi) is 5.14. The maximum atomic E-state index is 11.9. The summed E-state index contributed by atoms with van der Waals surface area (Å²) in [6.07, 6.45) is 4.56. The summed E-state index contributed by atoms with van der Waals surface area (Å²) in [4.78, 5) is 22.2. The van der Waals surface area contributed by atoms with Gasteiger partial charge < -0.3 is 5.32 Å². The quantitative estimate of drug-likeness (QED) is 0.419. The minimum absolute atomic E-state index is 0.0874. The molecule has 1 N–H and O–H groups in total. The smallest absolute Gasteiger partial charge is 0.271 e. The predicted octanol–water partition coefficient (Wildman–Crippen LogP) is 2.89. The van der Waals surface area contributed by atoms with E-state index in [1.54, 1.807) is 16.9 Å². The largest absolute Gasteiger partial charge is 0.322 e. The maximum Gasteiger partial charge on any atom is 0.271 e. The van der Waals surface area contributed by atoms with Crippen molar-refractivity contribution in [2.24, 2.45) is 0 Å². The zero-order chi connectivity index (χ0) is 18.4. The lowest BCUT2D eigenvalue weighted by Gasteiger charge is -2.01. The molecule has 0 saturated heterocycles. The molecular weight excluding hydrogens is 334 g/mol. The van der Waals surface area contributed by atoms with Gasteiger partial charge in [0.25, 0.3) is 5.69 Å². The van der Waals surface area contributed by atoms with E-state index < -0.39 is 10.8 Å². The van der Waals surface area contributed by atoms with E-state index in [0.29, 0.717) is 17.9 Å². The van der Waals surface area contributed by atoms with Crippen molar-refractivity contribution in [3.63, 3.8) is 0 Å². The molecule has 1 aromatic heterocycles. The van der Waals surface area contributed by atoms with Crippen molar-refractivity contribution >= 4 is 23.4 Å². The third-order valence-electron chi connectivity index (χ3n) is 3.47. The van der Waals surface area contributed by atoms with Gasteiger partial charge in [0, 0.05) is 23.9 Å². The first kappa shape index (κ1) is 17.0. The van der Waals surface area contributed by atoms with Gasteiger partial charge in [0.15, 0.2) is 0 Å². The number of non-ortho nitro benzene ring substituents is 1. The molecule has 0 aliphatic carbocycles. The van der Waals surface area contributed by atoms with Crippen molar-refractivity contribution in [1.82, 2.24) is 15.0 Å². The van der Waals surface area contributed by atoms with Crippen LogP contribution in [0.1, 0.15) is 11.3 Å². The maximum absolute atomic E-state index is 11.9. The second-order valence-corrected chi connectivity index (χ2v) is 5.46.